The van der Waals surface area contributed by atoms with E-state index in [0.717, 1.165) is 5.56 Å². The van der Waals surface area contributed by atoms with Gasteiger partial charge in [-0.25, -0.2) is 4.79 Å². The van der Waals surface area contributed by atoms with Crippen molar-refractivity contribution >= 4 is 6.16 Å². The summed E-state index contributed by atoms with van der Waals surface area (Å²) < 4.78 is 9.40. The van der Waals surface area contributed by atoms with Crippen LogP contribution in [0.25, 0.3) is 0 Å². The fourth-order valence-corrected chi connectivity index (χ4v) is 1.29. The van der Waals surface area contributed by atoms with Gasteiger partial charge in [-0.1, -0.05) is 30.0 Å². The number of hydrogen-bond donors (Lipinski definition) is 1. The molecular formula is C14H16O4. The number of aliphatic hydroxyl groups is 1. The molecule has 0 saturated heterocycles. The van der Waals surface area contributed by atoms with Crippen LogP contribution in [0.4, 0.5) is 4.79 Å². The van der Waals surface area contributed by atoms with Crippen LogP contribution in [-0.2, 0) is 9.47 Å². The number of ether oxygens (including phenoxy) is 2. The van der Waals surface area contributed by atoms with Crippen molar-refractivity contribution in [2.75, 3.05) is 13.7 Å². The lowest BCUT2D eigenvalue weighted by Gasteiger charge is -2.10. The lowest BCUT2D eigenvalue weighted by atomic mass is 10.1. The number of methoxy groups -OCH3 is 1. The molecule has 0 aromatic heterocycles. The van der Waals surface area contributed by atoms with Crippen LogP contribution in [-0.4, -0.2) is 31.1 Å². The summed E-state index contributed by atoms with van der Waals surface area (Å²) in [6, 6.07) is 9.41. The fourth-order valence-electron chi connectivity index (χ4n) is 1.29. The first kappa shape index (κ1) is 14.1. The average Bonchev–Trinajstić information content (AvgIpc) is 2.42. The average molecular weight is 248 g/mol. The van der Waals surface area contributed by atoms with Gasteiger partial charge in [-0.3, -0.25) is 0 Å². The van der Waals surface area contributed by atoms with E-state index >= 15 is 0 Å². The topological polar surface area (TPSA) is 55.8 Å². The van der Waals surface area contributed by atoms with E-state index in [0.29, 0.717) is 12.8 Å². The van der Waals surface area contributed by atoms with E-state index in [1.165, 1.54) is 7.11 Å². The Morgan fingerprint density at radius 2 is 2.11 bits per heavy atom. The number of carbonyl (C=O) groups excluding carboxylic acids is 1. The molecule has 4 nitrogen and oxygen atoms in total. The summed E-state index contributed by atoms with van der Waals surface area (Å²) in [4.78, 5) is 11.0. The van der Waals surface area contributed by atoms with Crippen LogP contribution < -0.4 is 0 Å². The highest BCUT2D eigenvalue weighted by molar-refractivity contribution is 5.60. The minimum atomic E-state index is -0.764. The SMILES string of the molecule is COC(=O)O[C@@H](C#Cc1ccccc1)CCCO. The van der Waals surface area contributed by atoms with Gasteiger partial charge in [-0.05, 0) is 25.0 Å². The zero-order valence-corrected chi connectivity index (χ0v) is 10.3. The summed E-state index contributed by atoms with van der Waals surface area (Å²) in [5.74, 6) is 5.77. The maximum atomic E-state index is 11.0. The molecule has 0 aliphatic carbocycles. The van der Waals surface area contributed by atoms with E-state index in [2.05, 4.69) is 16.6 Å². The number of rotatable bonds is 4. The molecule has 96 valence electrons. The van der Waals surface area contributed by atoms with Gasteiger partial charge in [0.1, 0.15) is 0 Å². The number of hydrogen-bond acceptors (Lipinski definition) is 4. The molecule has 0 spiro atoms. The van der Waals surface area contributed by atoms with Crippen molar-refractivity contribution in [1.29, 1.82) is 0 Å². The van der Waals surface area contributed by atoms with Gasteiger partial charge < -0.3 is 14.6 Å². The molecule has 1 rings (SSSR count). The van der Waals surface area contributed by atoms with E-state index in [4.69, 9.17) is 9.84 Å². The zero-order chi connectivity index (χ0) is 13.2. The maximum Gasteiger partial charge on any atom is 0.509 e. The monoisotopic (exact) mass is 248 g/mol. The third-order valence-corrected chi connectivity index (χ3v) is 2.18. The highest BCUT2D eigenvalue weighted by atomic mass is 16.7. The summed E-state index contributed by atoms with van der Waals surface area (Å²) >= 11 is 0. The van der Waals surface area contributed by atoms with Crippen LogP contribution in [0, 0.1) is 11.8 Å². The standard InChI is InChI=1S/C14H16O4/c1-17-14(16)18-13(8-5-11-15)10-9-12-6-3-2-4-7-12/h2-4,6-7,13,15H,5,8,11H2,1H3/t13-/m1/s1. The van der Waals surface area contributed by atoms with Crippen molar-refractivity contribution in [2.45, 2.75) is 18.9 Å². The van der Waals surface area contributed by atoms with Gasteiger partial charge in [-0.15, -0.1) is 0 Å². The second-order valence-corrected chi connectivity index (χ2v) is 3.56. The van der Waals surface area contributed by atoms with Crippen molar-refractivity contribution in [3.05, 3.63) is 35.9 Å². The summed E-state index contributed by atoms with van der Waals surface area (Å²) in [5, 5.41) is 8.77. The second-order valence-electron chi connectivity index (χ2n) is 3.56. The van der Waals surface area contributed by atoms with Gasteiger partial charge in [0.15, 0.2) is 6.10 Å². The molecular weight excluding hydrogens is 232 g/mol. The zero-order valence-electron chi connectivity index (χ0n) is 10.3. The van der Waals surface area contributed by atoms with Crippen LogP contribution in [0.5, 0.6) is 0 Å². The minimum Gasteiger partial charge on any atom is -0.438 e. The first-order valence-corrected chi connectivity index (χ1v) is 5.68. The molecule has 1 aromatic carbocycles. The smallest absolute Gasteiger partial charge is 0.438 e. The normalized spacial score (nSPS) is 11.0. The summed E-state index contributed by atoms with van der Waals surface area (Å²) in [7, 11) is 1.25. The Bertz CT molecular complexity index is 416. The largest absolute Gasteiger partial charge is 0.509 e. The third-order valence-electron chi connectivity index (χ3n) is 2.18. The predicted molar refractivity (Wildman–Crippen MR) is 66.9 cm³/mol. The molecule has 0 saturated carbocycles. The number of carbonyl (C=O) groups is 1. The van der Waals surface area contributed by atoms with Crippen LogP contribution in [0.3, 0.4) is 0 Å². The van der Waals surface area contributed by atoms with E-state index in [9.17, 15) is 4.79 Å². The Labute approximate surface area is 107 Å². The molecule has 0 amide bonds. The lowest BCUT2D eigenvalue weighted by molar-refractivity contribution is 0.0507. The Hall–Kier alpha value is -1.99. The second kappa shape index (κ2) is 8.15. The molecule has 0 fully saturated rings. The molecule has 1 aromatic rings. The highest BCUT2D eigenvalue weighted by Gasteiger charge is 2.11. The molecule has 4 heteroatoms. The van der Waals surface area contributed by atoms with Gasteiger partial charge >= 0.3 is 6.16 Å². The Morgan fingerprint density at radius 3 is 2.72 bits per heavy atom. The van der Waals surface area contributed by atoms with Crippen LogP contribution in [0.15, 0.2) is 30.3 Å². The third kappa shape index (κ3) is 5.37. The minimum absolute atomic E-state index is 0.0358. The fraction of sp³-hybridized carbons (Fsp3) is 0.357. The Morgan fingerprint density at radius 1 is 1.39 bits per heavy atom. The van der Waals surface area contributed by atoms with Crippen molar-refractivity contribution < 1.29 is 19.4 Å². The molecule has 0 radical (unpaired) electrons. The first-order valence-electron chi connectivity index (χ1n) is 5.68. The summed E-state index contributed by atoms with van der Waals surface area (Å²) in [6.45, 7) is 0.0358. The molecule has 0 heterocycles. The summed E-state index contributed by atoms with van der Waals surface area (Å²) in [6.07, 6.45) is -0.332. The van der Waals surface area contributed by atoms with Gasteiger partial charge in [0.25, 0.3) is 0 Å². The van der Waals surface area contributed by atoms with Crippen molar-refractivity contribution in [2.24, 2.45) is 0 Å². The Balaban J connectivity index is 2.65. The summed E-state index contributed by atoms with van der Waals surface area (Å²) in [5.41, 5.74) is 0.847. The molecule has 0 unspecified atom stereocenters. The molecule has 0 aliphatic rings. The van der Waals surface area contributed by atoms with Crippen LogP contribution >= 0.6 is 0 Å². The van der Waals surface area contributed by atoms with Crippen molar-refractivity contribution in [3.63, 3.8) is 0 Å². The first-order chi connectivity index (χ1) is 8.76. The van der Waals surface area contributed by atoms with Gasteiger partial charge in [-0.2, -0.15) is 0 Å². The van der Waals surface area contributed by atoms with E-state index in [1.807, 2.05) is 30.3 Å². The van der Waals surface area contributed by atoms with Gasteiger partial charge in [0.05, 0.1) is 7.11 Å². The van der Waals surface area contributed by atoms with E-state index in [1.54, 1.807) is 0 Å². The molecule has 18 heavy (non-hydrogen) atoms. The quantitative estimate of drug-likeness (QED) is 0.653. The van der Waals surface area contributed by atoms with Crippen molar-refractivity contribution in [3.8, 4) is 11.8 Å². The maximum absolute atomic E-state index is 11.0. The van der Waals surface area contributed by atoms with Crippen LogP contribution in [0.1, 0.15) is 18.4 Å². The van der Waals surface area contributed by atoms with Crippen LogP contribution in [0.2, 0.25) is 0 Å². The predicted octanol–water partition coefficient (Wildman–Crippen LogP) is 1.96. The molecule has 1 atom stereocenters. The van der Waals surface area contributed by atoms with E-state index < -0.39 is 12.3 Å². The molecule has 0 bridgehead atoms. The lowest BCUT2D eigenvalue weighted by Crippen LogP contribution is -2.17. The van der Waals surface area contributed by atoms with E-state index in [-0.39, 0.29) is 6.61 Å². The van der Waals surface area contributed by atoms with Gasteiger partial charge in [0.2, 0.25) is 0 Å². The molecule has 0 aliphatic heterocycles. The number of aliphatic hydroxyl groups excluding tert-OH is 1. The van der Waals surface area contributed by atoms with Gasteiger partial charge in [0, 0.05) is 12.2 Å². The highest BCUT2D eigenvalue weighted by Crippen LogP contribution is 2.04. The molecule has 1 N–H and O–H groups in total. The Kier molecular flexibility index (Phi) is 6.37. The number of benzene rings is 1. The van der Waals surface area contributed by atoms with Crippen molar-refractivity contribution in [1.82, 2.24) is 0 Å².